The Morgan fingerprint density at radius 1 is 1.14 bits per heavy atom. The van der Waals surface area contributed by atoms with Crippen LogP contribution in [0, 0.1) is 17.1 Å². The summed E-state index contributed by atoms with van der Waals surface area (Å²) in [7, 11) is 1.41. The second-order valence-corrected chi connectivity index (χ2v) is 7.74. The van der Waals surface area contributed by atoms with E-state index in [0.29, 0.717) is 22.4 Å². The van der Waals surface area contributed by atoms with Gasteiger partial charge in [-0.1, -0.05) is 29.8 Å². The van der Waals surface area contributed by atoms with Gasteiger partial charge in [0.25, 0.3) is 5.91 Å². The van der Waals surface area contributed by atoms with Crippen molar-refractivity contribution in [2.24, 2.45) is 0 Å². The molecule has 0 fully saturated rings. The summed E-state index contributed by atoms with van der Waals surface area (Å²) in [6.45, 7) is 1.89. The van der Waals surface area contributed by atoms with Crippen LogP contribution in [0.25, 0.3) is 6.08 Å². The van der Waals surface area contributed by atoms with Crippen molar-refractivity contribution in [2.75, 3.05) is 19.0 Å². The molecule has 0 aliphatic heterocycles. The predicted octanol–water partition coefficient (Wildman–Crippen LogP) is 5.79. The molecule has 1 N–H and O–H groups in total. The van der Waals surface area contributed by atoms with Crippen LogP contribution in [0.3, 0.4) is 0 Å². The van der Waals surface area contributed by atoms with E-state index in [9.17, 15) is 19.2 Å². The number of anilines is 1. The van der Waals surface area contributed by atoms with Crippen molar-refractivity contribution in [1.82, 2.24) is 0 Å². The molecule has 0 unspecified atom stereocenters. The van der Waals surface area contributed by atoms with Gasteiger partial charge in [0.05, 0.1) is 24.3 Å². The molecule has 0 aliphatic carbocycles. The number of hydrogen-bond donors (Lipinski definition) is 1. The molecule has 9 heteroatoms. The topological polar surface area (TPSA) is 97.7 Å². The van der Waals surface area contributed by atoms with Gasteiger partial charge in [-0.15, -0.1) is 0 Å². The standard InChI is InChI=1S/C27H22ClFN2O5/c1-3-35-27(33)18-8-10-21(11-9-18)31-26(32)20(15-30)12-17-13-22(28)25(24(14-17)34-2)36-16-19-6-4-5-7-23(19)29/h4-14H,3,16H2,1-2H3,(H,31,32)/b20-12+. The SMILES string of the molecule is CCOC(=O)c1ccc(NC(=O)/C(C#N)=C/c2cc(Cl)c(OCc3ccccc3F)c(OC)c2)cc1. The van der Waals surface area contributed by atoms with Crippen LogP contribution >= 0.6 is 11.6 Å². The zero-order valence-electron chi connectivity index (χ0n) is 19.5. The molecule has 7 nitrogen and oxygen atoms in total. The molecule has 0 bridgehead atoms. The molecule has 0 atom stereocenters. The first kappa shape index (κ1) is 26.3. The van der Waals surface area contributed by atoms with E-state index in [-0.39, 0.29) is 35.3 Å². The van der Waals surface area contributed by atoms with E-state index in [1.807, 2.05) is 6.07 Å². The van der Waals surface area contributed by atoms with Gasteiger partial charge in [0.1, 0.15) is 24.1 Å². The summed E-state index contributed by atoms with van der Waals surface area (Å²) in [5, 5.41) is 12.3. The van der Waals surface area contributed by atoms with Gasteiger partial charge >= 0.3 is 5.97 Å². The summed E-state index contributed by atoms with van der Waals surface area (Å²) >= 11 is 6.37. The van der Waals surface area contributed by atoms with Crippen molar-refractivity contribution in [3.8, 4) is 17.6 Å². The minimum absolute atomic E-state index is 0.0707. The maximum absolute atomic E-state index is 13.9. The van der Waals surface area contributed by atoms with Gasteiger partial charge in [-0.05, 0) is 61.0 Å². The highest BCUT2D eigenvalue weighted by Crippen LogP contribution is 2.37. The average Bonchev–Trinajstić information content (AvgIpc) is 2.87. The molecular formula is C27H22ClFN2O5. The molecule has 0 saturated carbocycles. The van der Waals surface area contributed by atoms with Gasteiger partial charge in [0.2, 0.25) is 0 Å². The van der Waals surface area contributed by atoms with E-state index in [1.165, 1.54) is 49.6 Å². The number of amides is 1. The first-order valence-electron chi connectivity index (χ1n) is 10.8. The van der Waals surface area contributed by atoms with Crippen molar-refractivity contribution >= 4 is 35.2 Å². The maximum Gasteiger partial charge on any atom is 0.338 e. The highest BCUT2D eigenvalue weighted by molar-refractivity contribution is 6.32. The lowest BCUT2D eigenvalue weighted by molar-refractivity contribution is -0.112. The monoisotopic (exact) mass is 508 g/mol. The predicted molar refractivity (Wildman–Crippen MR) is 133 cm³/mol. The molecule has 0 spiro atoms. The molecule has 0 radical (unpaired) electrons. The molecule has 3 rings (SSSR count). The Kier molecular flexibility index (Phi) is 9.03. The number of carbonyl (C=O) groups is 2. The summed E-state index contributed by atoms with van der Waals surface area (Å²) in [5.41, 5.74) is 1.30. The van der Waals surface area contributed by atoms with E-state index in [0.717, 1.165) is 0 Å². The number of halogens is 2. The summed E-state index contributed by atoms with van der Waals surface area (Å²) in [6, 6.07) is 17.2. The average molecular weight is 509 g/mol. The van der Waals surface area contributed by atoms with E-state index < -0.39 is 17.7 Å². The second kappa shape index (κ2) is 12.4. The molecule has 36 heavy (non-hydrogen) atoms. The number of nitrogens with one attached hydrogen (secondary N) is 1. The first-order chi connectivity index (χ1) is 17.4. The fourth-order valence-corrected chi connectivity index (χ4v) is 3.42. The number of carbonyl (C=O) groups excluding carboxylic acids is 2. The quantitative estimate of drug-likeness (QED) is 0.223. The number of hydrogen-bond acceptors (Lipinski definition) is 6. The Balaban J connectivity index is 1.77. The highest BCUT2D eigenvalue weighted by Gasteiger charge is 2.15. The lowest BCUT2D eigenvalue weighted by atomic mass is 10.1. The maximum atomic E-state index is 13.9. The first-order valence-corrected chi connectivity index (χ1v) is 11.2. The van der Waals surface area contributed by atoms with Crippen LogP contribution in [-0.2, 0) is 16.1 Å². The van der Waals surface area contributed by atoms with E-state index >= 15 is 0 Å². The van der Waals surface area contributed by atoms with Crippen LogP contribution in [0.2, 0.25) is 5.02 Å². The number of benzene rings is 3. The van der Waals surface area contributed by atoms with Gasteiger partial charge in [-0.3, -0.25) is 4.79 Å². The lowest BCUT2D eigenvalue weighted by Crippen LogP contribution is -2.13. The van der Waals surface area contributed by atoms with Gasteiger partial charge in [-0.25, -0.2) is 9.18 Å². The normalized spacial score (nSPS) is 10.8. The molecule has 0 aromatic heterocycles. The summed E-state index contributed by atoms with van der Waals surface area (Å²) in [6.07, 6.45) is 1.34. The fraction of sp³-hybridized carbons (Fsp3) is 0.148. The Bertz CT molecular complexity index is 1330. The number of esters is 1. The molecule has 184 valence electrons. The molecule has 3 aromatic carbocycles. The van der Waals surface area contributed by atoms with Crippen LogP contribution in [-0.4, -0.2) is 25.6 Å². The van der Waals surface area contributed by atoms with Gasteiger partial charge in [-0.2, -0.15) is 5.26 Å². The third-order valence-corrected chi connectivity index (χ3v) is 5.19. The van der Waals surface area contributed by atoms with E-state index in [2.05, 4.69) is 5.32 Å². The largest absolute Gasteiger partial charge is 0.493 e. The molecule has 1 amide bonds. The van der Waals surface area contributed by atoms with Crippen molar-refractivity contribution < 1.29 is 28.2 Å². The van der Waals surface area contributed by atoms with Gasteiger partial charge in [0, 0.05) is 11.3 Å². The third kappa shape index (κ3) is 6.62. The number of nitrogens with zero attached hydrogens (tertiary/aromatic N) is 1. The molecule has 0 aliphatic rings. The Labute approximate surface area is 212 Å². The molecular weight excluding hydrogens is 487 g/mol. The third-order valence-electron chi connectivity index (χ3n) is 4.91. The van der Waals surface area contributed by atoms with E-state index in [4.69, 9.17) is 25.8 Å². The Morgan fingerprint density at radius 3 is 2.50 bits per heavy atom. The van der Waals surface area contributed by atoms with Crippen molar-refractivity contribution in [3.63, 3.8) is 0 Å². The molecule has 0 heterocycles. The smallest absolute Gasteiger partial charge is 0.338 e. The van der Waals surface area contributed by atoms with Crippen molar-refractivity contribution in [2.45, 2.75) is 13.5 Å². The van der Waals surface area contributed by atoms with E-state index in [1.54, 1.807) is 31.2 Å². The van der Waals surface area contributed by atoms with Crippen molar-refractivity contribution in [1.29, 1.82) is 5.26 Å². The zero-order chi connectivity index (χ0) is 26.1. The van der Waals surface area contributed by atoms with Gasteiger partial charge < -0.3 is 19.5 Å². The lowest BCUT2D eigenvalue weighted by Gasteiger charge is -2.14. The number of rotatable bonds is 9. The minimum atomic E-state index is -0.656. The Hall–Kier alpha value is -4.35. The summed E-state index contributed by atoms with van der Waals surface area (Å²) < 4.78 is 29.9. The molecule has 0 saturated heterocycles. The number of ether oxygens (including phenoxy) is 3. The zero-order valence-corrected chi connectivity index (χ0v) is 20.3. The number of methoxy groups -OCH3 is 1. The van der Waals surface area contributed by atoms with Gasteiger partial charge in [0.15, 0.2) is 11.5 Å². The number of nitriles is 1. The van der Waals surface area contributed by atoms with Crippen molar-refractivity contribution in [3.05, 3.63) is 93.8 Å². The highest BCUT2D eigenvalue weighted by atomic mass is 35.5. The fourth-order valence-electron chi connectivity index (χ4n) is 3.15. The summed E-state index contributed by atoms with van der Waals surface area (Å²) in [5.74, 6) is -1.09. The van der Waals surface area contributed by atoms with Crippen LogP contribution in [0.15, 0.2) is 66.2 Å². The minimum Gasteiger partial charge on any atom is -0.493 e. The second-order valence-electron chi connectivity index (χ2n) is 7.34. The summed E-state index contributed by atoms with van der Waals surface area (Å²) in [4.78, 5) is 24.4. The molecule has 3 aromatic rings. The van der Waals surface area contributed by atoms with Crippen LogP contribution in [0.4, 0.5) is 10.1 Å². The van der Waals surface area contributed by atoms with Crippen LogP contribution in [0.5, 0.6) is 11.5 Å². The Morgan fingerprint density at radius 2 is 1.86 bits per heavy atom. The van der Waals surface area contributed by atoms with Crippen LogP contribution < -0.4 is 14.8 Å². The van der Waals surface area contributed by atoms with Crippen LogP contribution in [0.1, 0.15) is 28.4 Å².